The van der Waals surface area contributed by atoms with Crippen molar-refractivity contribution in [2.45, 2.75) is 31.7 Å². The predicted molar refractivity (Wildman–Crippen MR) is 121 cm³/mol. The van der Waals surface area contributed by atoms with Crippen molar-refractivity contribution in [3.05, 3.63) is 65.7 Å². The Bertz CT molecular complexity index is 788. The van der Waals surface area contributed by atoms with Crippen molar-refractivity contribution in [2.24, 2.45) is 0 Å². The summed E-state index contributed by atoms with van der Waals surface area (Å²) >= 11 is 0. The van der Waals surface area contributed by atoms with Crippen molar-refractivity contribution in [3.63, 3.8) is 0 Å². The maximum Gasteiger partial charge on any atom is 0.251 e. The van der Waals surface area contributed by atoms with Crippen LogP contribution in [0.5, 0.6) is 0 Å². The third-order valence-electron chi connectivity index (χ3n) is 6.13. The number of anilines is 1. The number of hydrogen-bond donors (Lipinski definition) is 1. The molecule has 4 rings (SSSR count). The van der Waals surface area contributed by atoms with Gasteiger partial charge in [-0.25, -0.2) is 0 Å². The molecule has 2 aliphatic rings. The highest BCUT2D eigenvalue weighted by molar-refractivity contribution is 5.94. The molecular weight excluding hydrogens is 374 g/mol. The van der Waals surface area contributed by atoms with E-state index < -0.39 is 0 Å². The zero-order valence-electron chi connectivity index (χ0n) is 17.8. The lowest BCUT2D eigenvalue weighted by molar-refractivity contribution is 0.0903. The van der Waals surface area contributed by atoms with Crippen molar-refractivity contribution in [1.29, 1.82) is 0 Å². The highest BCUT2D eigenvalue weighted by atomic mass is 16.5. The number of amides is 1. The van der Waals surface area contributed by atoms with E-state index in [0.29, 0.717) is 0 Å². The zero-order valence-corrected chi connectivity index (χ0v) is 17.8. The van der Waals surface area contributed by atoms with Gasteiger partial charge in [-0.15, -0.1) is 0 Å². The summed E-state index contributed by atoms with van der Waals surface area (Å²) in [6.45, 7) is 6.54. The molecule has 0 saturated carbocycles. The fraction of sp³-hybridized carbons (Fsp3) is 0.480. The fourth-order valence-electron chi connectivity index (χ4n) is 4.44. The van der Waals surface area contributed by atoms with E-state index in [4.69, 9.17) is 4.74 Å². The molecule has 1 N–H and O–H groups in total. The average Bonchev–Trinajstić information content (AvgIpc) is 2.81. The fourth-order valence-corrected chi connectivity index (χ4v) is 4.44. The van der Waals surface area contributed by atoms with Crippen molar-refractivity contribution in [3.8, 4) is 0 Å². The molecule has 0 aliphatic carbocycles. The Balaban J connectivity index is 1.23. The maximum atomic E-state index is 12.7. The van der Waals surface area contributed by atoms with Crippen molar-refractivity contribution >= 4 is 11.6 Å². The number of carbonyl (C=O) groups excluding carboxylic acids is 1. The molecule has 0 bridgehead atoms. The second-order valence-electron chi connectivity index (χ2n) is 8.35. The van der Waals surface area contributed by atoms with Crippen LogP contribution in [0, 0.1) is 0 Å². The molecule has 0 spiro atoms. The lowest BCUT2D eigenvalue weighted by Gasteiger charge is -2.33. The van der Waals surface area contributed by atoms with Gasteiger partial charge in [-0.3, -0.25) is 4.79 Å². The normalized spacial score (nSPS) is 20.1. The van der Waals surface area contributed by atoms with Gasteiger partial charge in [0, 0.05) is 36.9 Å². The summed E-state index contributed by atoms with van der Waals surface area (Å²) in [5.74, 6) is 0.0414. The molecule has 2 heterocycles. The van der Waals surface area contributed by atoms with E-state index in [1.807, 2.05) is 12.1 Å². The van der Waals surface area contributed by atoms with E-state index in [0.717, 1.165) is 82.9 Å². The van der Waals surface area contributed by atoms with Crippen LogP contribution in [-0.2, 0) is 11.2 Å². The summed E-state index contributed by atoms with van der Waals surface area (Å²) in [6.07, 6.45) is 4.48. The molecule has 5 nitrogen and oxygen atoms in total. The van der Waals surface area contributed by atoms with Crippen LogP contribution in [0.15, 0.2) is 54.6 Å². The van der Waals surface area contributed by atoms with Gasteiger partial charge in [0.1, 0.15) is 0 Å². The van der Waals surface area contributed by atoms with Gasteiger partial charge in [-0.1, -0.05) is 30.3 Å². The number of nitrogens with zero attached hydrogens (tertiary/aromatic N) is 2. The van der Waals surface area contributed by atoms with Crippen LogP contribution in [0.2, 0.25) is 0 Å². The Hall–Kier alpha value is -2.37. The van der Waals surface area contributed by atoms with Crippen LogP contribution in [0.25, 0.3) is 0 Å². The topological polar surface area (TPSA) is 44.8 Å². The Morgan fingerprint density at radius 3 is 2.53 bits per heavy atom. The molecule has 0 radical (unpaired) electrons. The molecule has 30 heavy (non-hydrogen) atoms. The van der Waals surface area contributed by atoms with Crippen LogP contribution >= 0.6 is 0 Å². The number of hydrogen-bond acceptors (Lipinski definition) is 4. The van der Waals surface area contributed by atoms with E-state index in [1.165, 1.54) is 5.56 Å². The quantitative estimate of drug-likeness (QED) is 0.765. The number of ether oxygens (including phenoxy) is 1. The predicted octanol–water partition coefficient (Wildman–Crippen LogP) is 3.35. The Morgan fingerprint density at radius 1 is 1.00 bits per heavy atom. The van der Waals surface area contributed by atoms with E-state index in [2.05, 4.69) is 57.6 Å². The van der Waals surface area contributed by atoms with Gasteiger partial charge in [0.2, 0.25) is 0 Å². The molecule has 5 heteroatoms. The third-order valence-corrected chi connectivity index (χ3v) is 6.13. The number of carbonyl (C=O) groups is 1. The SMILES string of the molecule is O=C(N[C@@H]1CCCN(CCCc2ccccc2)C1)c1ccc(N2CCOCC2)cc1. The standard InChI is InChI=1S/C25H33N3O2/c29-25(22-10-12-24(13-11-22)28-16-18-30-19-17-28)26-23-9-5-15-27(20-23)14-4-8-21-6-2-1-3-7-21/h1-3,6-7,10-13,23H,4-5,8-9,14-20H2,(H,26,29)/t23-/m1/s1. The van der Waals surface area contributed by atoms with Gasteiger partial charge in [0.05, 0.1) is 13.2 Å². The molecule has 2 aromatic rings. The number of aryl methyl sites for hydroxylation is 1. The van der Waals surface area contributed by atoms with Gasteiger partial charge in [0.15, 0.2) is 0 Å². The third kappa shape index (κ3) is 5.83. The molecule has 160 valence electrons. The van der Waals surface area contributed by atoms with Gasteiger partial charge in [-0.05, 0) is 68.6 Å². The first-order chi connectivity index (χ1) is 14.8. The zero-order chi connectivity index (χ0) is 20.6. The minimum atomic E-state index is 0.0414. The number of likely N-dealkylation sites (tertiary alicyclic amines) is 1. The van der Waals surface area contributed by atoms with Gasteiger partial charge >= 0.3 is 0 Å². The van der Waals surface area contributed by atoms with E-state index >= 15 is 0 Å². The van der Waals surface area contributed by atoms with Crippen LogP contribution in [0.1, 0.15) is 35.2 Å². The van der Waals surface area contributed by atoms with Crippen molar-refractivity contribution < 1.29 is 9.53 Å². The summed E-state index contributed by atoms with van der Waals surface area (Å²) < 4.78 is 5.41. The van der Waals surface area contributed by atoms with Crippen molar-refractivity contribution in [1.82, 2.24) is 10.2 Å². The lowest BCUT2D eigenvalue weighted by atomic mass is 10.0. The summed E-state index contributed by atoms with van der Waals surface area (Å²) in [4.78, 5) is 17.5. The lowest BCUT2D eigenvalue weighted by Crippen LogP contribution is -2.47. The Labute approximate surface area is 180 Å². The molecule has 1 amide bonds. The highest BCUT2D eigenvalue weighted by Crippen LogP contribution is 2.17. The first kappa shape index (κ1) is 20.9. The van der Waals surface area contributed by atoms with Gasteiger partial charge in [0.25, 0.3) is 5.91 Å². The van der Waals surface area contributed by atoms with Crippen LogP contribution < -0.4 is 10.2 Å². The average molecular weight is 408 g/mol. The van der Waals surface area contributed by atoms with Crippen molar-refractivity contribution in [2.75, 3.05) is 50.8 Å². The number of rotatable bonds is 7. The second kappa shape index (κ2) is 10.6. The molecule has 0 aromatic heterocycles. The van der Waals surface area contributed by atoms with E-state index in [9.17, 15) is 4.79 Å². The van der Waals surface area contributed by atoms with E-state index in [1.54, 1.807) is 0 Å². The molecule has 2 fully saturated rings. The van der Waals surface area contributed by atoms with Gasteiger partial charge in [-0.2, -0.15) is 0 Å². The molecule has 0 unspecified atom stereocenters. The first-order valence-electron chi connectivity index (χ1n) is 11.3. The summed E-state index contributed by atoms with van der Waals surface area (Å²) in [5, 5.41) is 3.26. The molecule has 2 aliphatic heterocycles. The summed E-state index contributed by atoms with van der Waals surface area (Å²) in [7, 11) is 0. The minimum Gasteiger partial charge on any atom is -0.378 e. The summed E-state index contributed by atoms with van der Waals surface area (Å²) in [5.41, 5.74) is 3.31. The highest BCUT2D eigenvalue weighted by Gasteiger charge is 2.21. The monoisotopic (exact) mass is 407 g/mol. The number of benzene rings is 2. The second-order valence-corrected chi connectivity index (χ2v) is 8.35. The first-order valence-corrected chi connectivity index (χ1v) is 11.3. The molecule has 2 aromatic carbocycles. The van der Waals surface area contributed by atoms with Crippen LogP contribution in [0.3, 0.4) is 0 Å². The Morgan fingerprint density at radius 2 is 1.77 bits per heavy atom. The van der Waals surface area contributed by atoms with Gasteiger partial charge < -0.3 is 19.9 Å². The minimum absolute atomic E-state index is 0.0414. The molecule has 2 saturated heterocycles. The molecular formula is C25H33N3O2. The maximum absolute atomic E-state index is 12.7. The number of piperidine rings is 1. The van der Waals surface area contributed by atoms with E-state index in [-0.39, 0.29) is 11.9 Å². The number of morpholine rings is 1. The van der Waals surface area contributed by atoms with Crippen LogP contribution in [-0.4, -0.2) is 62.8 Å². The van der Waals surface area contributed by atoms with Crippen LogP contribution in [0.4, 0.5) is 5.69 Å². The number of nitrogens with one attached hydrogen (secondary N) is 1. The summed E-state index contributed by atoms with van der Waals surface area (Å²) in [6, 6.07) is 18.9. The largest absolute Gasteiger partial charge is 0.378 e. The smallest absolute Gasteiger partial charge is 0.251 e. The molecule has 1 atom stereocenters. The Kier molecular flexibility index (Phi) is 7.38.